The number of nitrogens with one attached hydrogen (secondary N) is 2. The summed E-state index contributed by atoms with van der Waals surface area (Å²) in [6, 6.07) is 45.7. The minimum absolute atomic E-state index is 0. The zero-order valence-electron chi connectivity index (χ0n) is 65.2. The smallest absolute Gasteiger partial charge is 0.857 e. The number of aromatic nitrogens is 8. The molecule has 18 nitrogen and oxygen atoms in total. The van der Waals surface area contributed by atoms with Crippen LogP contribution in [0.4, 0.5) is 0 Å². The fraction of sp³-hybridized carbons (Fsp3) is 0.341. The molecule has 10 aromatic carbocycles. The number of fused-ring (bicyclic) bond motifs is 25. The maximum Gasteiger partial charge on any atom is 1.00 e. The van der Waals surface area contributed by atoms with Crippen LogP contribution in [0.5, 0.6) is 34.5 Å². The number of benzene rings is 10. The summed E-state index contributed by atoms with van der Waals surface area (Å²) in [7, 11) is 1.75. The Kier molecular flexibility index (Phi) is 28.2. The standard InChI is InChI=1S/C68H66N8O4.C20H22N2O2.CH4O.CH3O.CH4.Na/c1-9-13-33-77-57-45-29-21-17-25-41(45)37(5)49-53(57)65-70-61(49)69-62-50-38(6)42-26-18-22-30-46(42)58(78-34-14-10-2)54(50)66(71-62)73-64-52-40(8)44-28-20-24-32-48(44)60(80-36-16-12-4)56(52)68(75-64)76-67-55-51(63(72-65)74-67)39(7)43-27-19-23-31-47(43)59(55)79-35-15-11-3;1-3-5-11-23-19-15-9-7-8-10-16(15)20(24-12-6-4-2)18(14-22)17(19)13-21;2*1-2;;/h17-32H,9-16,33-36H2,1-8H3,(H2,69,70,71,72,73,74,75,76);7-10H,3-6,11-12H2,1-2H3;2H,1H3;1H3;1H4;/q;;;-1;;+1. The number of hydrogen-bond donors (Lipinski definition) is 3. The molecule has 0 fully saturated rings. The molecule has 0 aliphatic carbocycles. The molecule has 0 atom stereocenters. The van der Waals surface area contributed by atoms with Crippen molar-refractivity contribution < 1.29 is 68.2 Å². The van der Waals surface area contributed by atoms with Crippen LogP contribution >= 0.6 is 0 Å². The van der Waals surface area contributed by atoms with Gasteiger partial charge < -0.3 is 48.6 Å². The van der Waals surface area contributed by atoms with Gasteiger partial charge in [0.2, 0.25) is 0 Å². The van der Waals surface area contributed by atoms with Crippen LogP contribution in [0.1, 0.15) is 159 Å². The molecule has 0 radical (unpaired) electrons. The number of aromatic amines is 2. The van der Waals surface area contributed by atoms with E-state index >= 15 is 0 Å². The van der Waals surface area contributed by atoms with Gasteiger partial charge in [-0.1, -0.05) is 209 Å². The first-order valence-corrected chi connectivity index (χ1v) is 38.1. The van der Waals surface area contributed by atoms with Gasteiger partial charge >= 0.3 is 29.6 Å². The van der Waals surface area contributed by atoms with Crippen molar-refractivity contribution in [3.8, 4) is 92.2 Å². The predicted octanol–water partition coefficient (Wildman–Crippen LogP) is 18.6. The molecule has 0 spiro atoms. The molecule has 5 heterocycles. The van der Waals surface area contributed by atoms with Crippen molar-refractivity contribution in [1.29, 1.82) is 10.5 Å². The van der Waals surface area contributed by atoms with Crippen molar-refractivity contribution >= 4 is 98.0 Å². The van der Waals surface area contributed by atoms with Gasteiger partial charge in [0.25, 0.3) is 0 Å². The quantitative estimate of drug-likeness (QED) is 0.0375. The maximum atomic E-state index is 9.61. The Morgan fingerprint density at radius 1 is 0.318 bits per heavy atom. The minimum Gasteiger partial charge on any atom is -0.857 e. The second-order valence-corrected chi connectivity index (χ2v) is 27.0. The number of H-pyrrole nitrogens is 2. The van der Waals surface area contributed by atoms with Gasteiger partial charge in [0.1, 0.15) is 80.4 Å². The van der Waals surface area contributed by atoms with Crippen LogP contribution in [0.25, 0.3) is 144 Å². The summed E-state index contributed by atoms with van der Waals surface area (Å²) in [5.74, 6) is 5.82. The number of nitriles is 2. The Bertz CT molecular complexity index is 5730. The van der Waals surface area contributed by atoms with E-state index in [4.69, 9.17) is 68.5 Å². The number of ether oxygens (including phenoxy) is 6. The summed E-state index contributed by atoms with van der Waals surface area (Å²) in [5.41, 5.74) is 10.2. The molecule has 2 aliphatic heterocycles. The number of nitrogens with zero attached hydrogens (tertiary/aromatic N) is 8. The van der Waals surface area contributed by atoms with Crippen molar-refractivity contribution in [3.05, 3.63) is 155 Å². The zero-order valence-corrected chi connectivity index (χ0v) is 67.2. The van der Waals surface area contributed by atoms with Crippen molar-refractivity contribution in [1.82, 2.24) is 39.9 Å². The third-order valence-electron chi connectivity index (χ3n) is 20.1. The zero-order chi connectivity index (χ0) is 76.1. The van der Waals surface area contributed by atoms with Crippen LogP contribution in [0.15, 0.2) is 121 Å². The van der Waals surface area contributed by atoms with Crippen molar-refractivity contribution in [3.63, 3.8) is 0 Å². The van der Waals surface area contributed by atoms with Gasteiger partial charge in [0.15, 0.2) is 23.3 Å². The normalized spacial score (nSPS) is 11.1. The fourth-order valence-corrected chi connectivity index (χ4v) is 14.7. The Labute approximate surface area is 666 Å². The second kappa shape index (κ2) is 37.8. The number of unbranched alkanes of at least 4 members (excludes halogenated alkanes) is 6. The van der Waals surface area contributed by atoms with E-state index in [1.807, 2.05) is 24.3 Å². The van der Waals surface area contributed by atoms with Gasteiger partial charge in [-0.15, -0.1) is 0 Å². The first-order valence-electron chi connectivity index (χ1n) is 38.1. The molecule has 562 valence electrons. The Hall–Kier alpha value is -10.4. The van der Waals surface area contributed by atoms with Crippen LogP contribution < -0.4 is 63.1 Å². The third kappa shape index (κ3) is 15.5. The van der Waals surface area contributed by atoms with E-state index in [1.165, 1.54) is 0 Å². The molecule has 0 saturated heterocycles. The van der Waals surface area contributed by atoms with Crippen LogP contribution in [-0.4, -0.2) is 98.8 Å². The average molecular weight is 1480 g/mol. The third-order valence-corrected chi connectivity index (χ3v) is 20.1. The Morgan fingerprint density at radius 3 is 0.809 bits per heavy atom. The monoisotopic (exact) mass is 1480 g/mol. The van der Waals surface area contributed by atoms with Crippen molar-refractivity contribution in [2.45, 2.75) is 154 Å². The molecule has 8 bridgehead atoms. The van der Waals surface area contributed by atoms with E-state index in [0.29, 0.717) is 97.0 Å². The van der Waals surface area contributed by atoms with Crippen LogP contribution in [0.2, 0.25) is 0 Å². The molecule has 0 saturated carbocycles. The number of aryl methyl sites for hydroxylation is 4. The topological polar surface area (TPSA) is 255 Å². The van der Waals surface area contributed by atoms with Crippen LogP contribution in [0.3, 0.4) is 0 Å². The summed E-state index contributed by atoms with van der Waals surface area (Å²) in [4.78, 5) is 41.6. The molecular weight excluding hydrogens is 1380 g/mol. The summed E-state index contributed by atoms with van der Waals surface area (Å²) >= 11 is 0. The summed E-state index contributed by atoms with van der Waals surface area (Å²) in [6.07, 6.45) is 11.2. The van der Waals surface area contributed by atoms with Crippen molar-refractivity contribution in [2.75, 3.05) is 53.9 Å². The van der Waals surface area contributed by atoms with E-state index < -0.39 is 0 Å². The molecule has 0 unspecified atom stereocenters. The molecular formula is C91H99N10NaO8. The predicted molar refractivity (Wildman–Crippen MR) is 442 cm³/mol. The Balaban J connectivity index is 0.000000365. The van der Waals surface area contributed by atoms with E-state index in [-0.39, 0.29) is 48.1 Å². The molecule has 3 N–H and O–H groups in total. The molecule has 2 aliphatic rings. The molecule has 110 heavy (non-hydrogen) atoms. The second-order valence-electron chi connectivity index (χ2n) is 27.0. The van der Waals surface area contributed by atoms with Gasteiger partial charge in [-0.05, 0) is 110 Å². The van der Waals surface area contributed by atoms with Gasteiger partial charge in [-0.2, -0.15) is 17.6 Å². The van der Waals surface area contributed by atoms with E-state index in [2.05, 4.69) is 188 Å². The molecule has 3 aromatic heterocycles. The van der Waals surface area contributed by atoms with Gasteiger partial charge in [0.05, 0.1) is 61.5 Å². The number of aliphatic hydroxyl groups excluding tert-OH is 1. The summed E-state index contributed by atoms with van der Waals surface area (Å²) in [5, 5.41) is 47.7. The van der Waals surface area contributed by atoms with E-state index in [0.717, 1.165) is 234 Å². The molecule has 0 amide bonds. The summed E-state index contributed by atoms with van der Waals surface area (Å²) in [6.45, 7) is 24.7. The molecule has 19 heteroatoms. The average Bonchev–Trinajstić information content (AvgIpc) is 1.55. The van der Waals surface area contributed by atoms with Crippen LogP contribution in [-0.2, 0) is 0 Å². The number of hydrogen-bond acceptors (Lipinski definition) is 16. The molecule has 15 rings (SSSR count). The number of aliphatic hydroxyl groups is 1. The Morgan fingerprint density at radius 2 is 0.536 bits per heavy atom. The van der Waals surface area contributed by atoms with E-state index in [1.54, 1.807) is 0 Å². The SMILES string of the molecule is C.CCCCOc1c(C#N)c(C#N)c(OCCCC)c2ccccc12.CCCCOc1c2c(c(C)c3ccccc13)-c1nc-2nc2[nH]c(nc3nc(nc4[nH]c(n1)c1c(C)c5ccccc5c(OCCCC)c41)-c1c-3c(OCCCC)c3ccccc3c1C)c1c(OCCCC)c3ccccc3c(C)c21.CO.C[O-].[Na+]. The first kappa shape index (κ1) is 82.1. The van der Waals surface area contributed by atoms with Crippen molar-refractivity contribution in [2.24, 2.45) is 0 Å². The fourth-order valence-electron chi connectivity index (χ4n) is 14.7. The van der Waals surface area contributed by atoms with E-state index in [9.17, 15) is 10.5 Å². The van der Waals surface area contributed by atoms with Gasteiger partial charge in [-0.3, -0.25) is 0 Å². The van der Waals surface area contributed by atoms with Gasteiger partial charge in [-0.25, -0.2) is 29.9 Å². The number of rotatable bonds is 24. The summed E-state index contributed by atoms with van der Waals surface area (Å²) < 4.78 is 39.7. The minimum atomic E-state index is 0. The van der Waals surface area contributed by atoms with Gasteiger partial charge in [0, 0.05) is 61.3 Å². The molecule has 13 aromatic rings. The first-order chi connectivity index (χ1) is 53.0. The maximum absolute atomic E-state index is 9.61. The van der Waals surface area contributed by atoms with Crippen LogP contribution in [0, 0.1) is 50.4 Å². The largest absolute Gasteiger partial charge is 1.00 e.